The number of amides is 1. The van der Waals surface area contributed by atoms with E-state index in [2.05, 4.69) is 10.1 Å². The number of carboxylic acids is 2. The Morgan fingerprint density at radius 2 is 1.40 bits per heavy atom. The molecule has 0 saturated heterocycles. The first-order valence-electron chi connectivity index (χ1n) is 6.94. The minimum atomic E-state index is -1.25. The number of nitrogens with one attached hydrogen (secondary N) is 1. The first-order chi connectivity index (χ1) is 11.8. The van der Waals surface area contributed by atoms with E-state index in [-0.39, 0.29) is 22.3 Å². The van der Waals surface area contributed by atoms with Crippen LogP contribution in [0.2, 0.25) is 0 Å². The molecule has 0 radical (unpaired) electrons. The van der Waals surface area contributed by atoms with Crippen LogP contribution in [0.3, 0.4) is 0 Å². The van der Waals surface area contributed by atoms with Gasteiger partial charge in [-0.25, -0.2) is 14.4 Å². The summed E-state index contributed by atoms with van der Waals surface area (Å²) in [5.74, 6) is -3.87. The molecule has 0 atom stereocenters. The molecule has 25 heavy (non-hydrogen) atoms. The average molecular weight is 343 g/mol. The minimum Gasteiger partial charge on any atom is -0.478 e. The molecule has 2 rings (SSSR count). The molecule has 2 aromatic rings. The Labute approximate surface area is 141 Å². The zero-order valence-corrected chi connectivity index (χ0v) is 13.0. The molecular formula is C17H13NO7. The van der Waals surface area contributed by atoms with Crippen molar-refractivity contribution in [2.75, 3.05) is 12.4 Å². The van der Waals surface area contributed by atoms with Gasteiger partial charge in [0, 0.05) is 5.69 Å². The molecule has 128 valence electrons. The van der Waals surface area contributed by atoms with Gasteiger partial charge in [0.05, 0.1) is 29.4 Å². The summed E-state index contributed by atoms with van der Waals surface area (Å²) in [5, 5.41) is 20.3. The number of hydrogen-bond donors (Lipinski definition) is 3. The maximum absolute atomic E-state index is 12.4. The van der Waals surface area contributed by atoms with Crippen molar-refractivity contribution in [3.8, 4) is 0 Å². The smallest absolute Gasteiger partial charge is 0.338 e. The maximum Gasteiger partial charge on any atom is 0.338 e. The molecule has 2 aromatic carbocycles. The van der Waals surface area contributed by atoms with Gasteiger partial charge < -0.3 is 20.3 Å². The van der Waals surface area contributed by atoms with Gasteiger partial charge in [-0.3, -0.25) is 4.79 Å². The molecule has 0 unspecified atom stereocenters. The van der Waals surface area contributed by atoms with Crippen molar-refractivity contribution in [2.45, 2.75) is 0 Å². The molecule has 8 heteroatoms. The van der Waals surface area contributed by atoms with E-state index in [1.807, 2.05) is 0 Å². The standard InChI is InChI=1S/C17H13NO7/c1-25-17(24)13-8-10(16(22)23)4-7-12(13)14(19)18-11-5-2-9(3-6-11)15(20)21/h2-8H,1H3,(H,18,19)(H,20,21)(H,22,23). The predicted molar refractivity (Wildman–Crippen MR) is 86.1 cm³/mol. The largest absolute Gasteiger partial charge is 0.478 e. The lowest BCUT2D eigenvalue weighted by Crippen LogP contribution is -2.18. The second kappa shape index (κ2) is 7.26. The molecule has 8 nitrogen and oxygen atoms in total. The quantitative estimate of drug-likeness (QED) is 0.709. The normalized spacial score (nSPS) is 9.96. The van der Waals surface area contributed by atoms with E-state index >= 15 is 0 Å². The number of esters is 1. The number of aromatic carboxylic acids is 2. The molecule has 0 saturated carbocycles. The number of anilines is 1. The molecule has 1 amide bonds. The number of carboxylic acid groups (broad SMARTS) is 2. The van der Waals surface area contributed by atoms with Gasteiger partial charge in [-0.15, -0.1) is 0 Å². The highest BCUT2D eigenvalue weighted by Crippen LogP contribution is 2.17. The van der Waals surface area contributed by atoms with Crippen molar-refractivity contribution in [3.05, 3.63) is 64.7 Å². The molecule has 0 aliphatic rings. The van der Waals surface area contributed by atoms with Crippen LogP contribution in [-0.2, 0) is 4.74 Å². The van der Waals surface area contributed by atoms with E-state index < -0.39 is 23.8 Å². The van der Waals surface area contributed by atoms with Gasteiger partial charge in [-0.1, -0.05) is 0 Å². The van der Waals surface area contributed by atoms with E-state index in [4.69, 9.17) is 10.2 Å². The van der Waals surface area contributed by atoms with Crippen LogP contribution in [0.1, 0.15) is 41.4 Å². The van der Waals surface area contributed by atoms with Crippen molar-refractivity contribution in [1.29, 1.82) is 0 Å². The summed E-state index contributed by atoms with van der Waals surface area (Å²) in [6.07, 6.45) is 0. The van der Waals surface area contributed by atoms with Crippen molar-refractivity contribution in [3.63, 3.8) is 0 Å². The number of carbonyl (C=O) groups excluding carboxylic acids is 2. The van der Waals surface area contributed by atoms with Crippen molar-refractivity contribution >= 4 is 29.5 Å². The Morgan fingerprint density at radius 3 is 1.92 bits per heavy atom. The van der Waals surface area contributed by atoms with Crippen LogP contribution in [0.15, 0.2) is 42.5 Å². The Morgan fingerprint density at radius 1 is 0.840 bits per heavy atom. The summed E-state index contributed by atoms with van der Waals surface area (Å²) in [5.41, 5.74) is -0.0591. The lowest BCUT2D eigenvalue weighted by molar-refractivity contribution is 0.0596. The molecule has 3 N–H and O–H groups in total. The number of carbonyl (C=O) groups is 4. The van der Waals surface area contributed by atoms with Gasteiger partial charge in [0.1, 0.15) is 0 Å². The maximum atomic E-state index is 12.4. The third-order valence-corrected chi connectivity index (χ3v) is 3.31. The van der Waals surface area contributed by atoms with Gasteiger partial charge in [-0.05, 0) is 42.5 Å². The first kappa shape index (κ1) is 17.7. The Bertz CT molecular complexity index is 856. The minimum absolute atomic E-state index is 0.0547. The van der Waals surface area contributed by atoms with E-state index in [9.17, 15) is 19.2 Å². The molecule has 0 bridgehead atoms. The molecule has 0 aliphatic carbocycles. The molecule has 0 aliphatic heterocycles. The highest BCUT2D eigenvalue weighted by atomic mass is 16.5. The summed E-state index contributed by atoms with van der Waals surface area (Å²) in [6, 6.07) is 8.86. The van der Waals surface area contributed by atoms with Gasteiger partial charge in [0.2, 0.25) is 0 Å². The molecular weight excluding hydrogens is 330 g/mol. The van der Waals surface area contributed by atoms with Crippen molar-refractivity contribution in [2.24, 2.45) is 0 Å². The average Bonchev–Trinajstić information content (AvgIpc) is 2.60. The Balaban J connectivity index is 2.33. The fraction of sp³-hybridized carbons (Fsp3) is 0.0588. The Kier molecular flexibility index (Phi) is 5.13. The summed E-state index contributed by atoms with van der Waals surface area (Å²) in [6.45, 7) is 0. The number of rotatable bonds is 5. The number of ether oxygens (including phenoxy) is 1. The lowest BCUT2D eigenvalue weighted by Gasteiger charge is -2.10. The van der Waals surface area contributed by atoms with Gasteiger partial charge in [0.15, 0.2) is 0 Å². The topological polar surface area (TPSA) is 130 Å². The highest BCUT2D eigenvalue weighted by Gasteiger charge is 2.20. The van der Waals surface area contributed by atoms with Crippen molar-refractivity contribution < 1.29 is 34.1 Å². The first-order valence-corrected chi connectivity index (χ1v) is 6.94. The van der Waals surface area contributed by atoms with Gasteiger partial charge in [-0.2, -0.15) is 0 Å². The second-order valence-corrected chi connectivity index (χ2v) is 4.89. The van der Waals surface area contributed by atoms with E-state index in [0.717, 1.165) is 13.2 Å². The van der Waals surface area contributed by atoms with Gasteiger partial charge >= 0.3 is 17.9 Å². The SMILES string of the molecule is COC(=O)c1cc(C(=O)O)ccc1C(=O)Nc1ccc(C(=O)O)cc1. The number of methoxy groups -OCH3 is 1. The zero-order chi connectivity index (χ0) is 18.6. The zero-order valence-electron chi connectivity index (χ0n) is 13.0. The molecule has 0 spiro atoms. The van der Waals surface area contributed by atoms with Gasteiger partial charge in [0.25, 0.3) is 5.91 Å². The van der Waals surface area contributed by atoms with Crippen LogP contribution >= 0.6 is 0 Å². The summed E-state index contributed by atoms with van der Waals surface area (Å²) in [7, 11) is 1.11. The summed E-state index contributed by atoms with van der Waals surface area (Å²) >= 11 is 0. The third kappa shape index (κ3) is 3.99. The summed E-state index contributed by atoms with van der Waals surface area (Å²) in [4.78, 5) is 46.0. The monoisotopic (exact) mass is 343 g/mol. The van der Waals surface area contributed by atoms with Crippen LogP contribution in [0, 0.1) is 0 Å². The summed E-state index contributed by atoms with van der Waals surface area (Å²) < 4.78 is 4.58. The van der Waals surface area contributed by atoms with Crippen LogP contribution in [0.5, 0.6) is 0 Å². The lowest BCUT2D eigenvalue weighted by atomic mass is 10.0. The molecule has 0 aromatic heterocycles. The van der Waals surface area contributed by atoms with Crippen LogP contribution in [0.25, 0.3) is 0 Å². The number of benzene rings is 2. The van der Waals surface area contributed by atoms with Crippen LogP contribution < -0.4 is 5.32 Å². The van der Waals surface area contributed by atoms with Crippen LogP contribution in [0.4, 0.5) is 5.69 Å². The third-order valence-electron chi connectivity index (χ3n) is 3.31. The molecule has 0 fully saturated rings. The predicted octanol–water partition coefficient (Wildman–Crippen LogP) is 2.12. The van der Waals surface area contributed by atoms with Crippen LogP contribution in [-0.4, -0.2) is 41.1 Å². The van der Waals surface area contributed by atoms with Crippen molar-refractivity contribution in [1.82, 2.24) is 0 Å². The highest BCUT2D eigenvalue weighted by molar-refractivity contribution is 6.12. The fourth-order valence-electron chi connectivity index (χ4n) is 2.05. The number of hydrogen-bond acceptors (Lipinski definition) is 5. The molecule has 0 heterocycles. The Hall–Kier alpha value is -3.68. The fourth-order valence-corrected chi connectivity index (χ4v) is 2.05. The van der Waals surface area contributed by atoms with E-state index in [1.54, 1.807) is 0 Å². The van der Waals surface area contributed by atoms with E-state index in [0.29, 0.717) is 5.69 Å². The van der Waals surface area contributed by atoms with E-state index in [1.165, 1.54) is 36.4 Å². The second-order valence-electron chi connectivity index (χ2n) is 4.89.